The number of Topliss-reactive ketones (excluding diaryl/α,β-unsaturated/α-hetero) is 1. The van der Waals surface area contributed by atoms with Crippen LogP contribution in [0.1, 0.15) is 56.6 Å². The molecule has 1 aliphatic heterocycles. The number of rotatable bonds is 6. The number of phenolic OH excluding ortho intramolecular Hbond substituents is 1. The summed E-state index contributed by atoms with van der Waals surface area (Å²) in [5.74, 6) is -0.506. The lowest BCUT2D eigenvalue weighted by Crippen LogP contribution is -2.36. The first-order chi connectivity index (χ1) is 16.3. The number of hydrogen-bond donors (Lipinski definition) is 2. The summed E-state index contributed by atoms with van der Waals surface area (Å²) in [5.41, 5.74) is 4.33. The molecule has 0 bridgehead atoms. The van der Waals surface area contributed by atoms with Crippen LogP contribution in [0.5, 0.6) is 11.5 Å². The maximum atomic E-state index is 13.6. The molecular formula is C28H31NO5. The number of carbonyl (C=O) groups excluding carboxylic acids is 2. The van der Waals surface area contributed by atoms with E-state index in [1.165, 1.54) is 13.2 Å². The third kappa shape index (κ3) is 4.58. The molecule has 178 valence electrons. The number of nitrogens with one attached hydrogen (secondary N) is 1. The first-order valence-electron chi connectivity index (χ1n) is 11.6. The van der Waals surface area contributed by atoms with Gasteiger partial charge in [-0.25, -0.2) is 4.79 Å². The van der Waals surface area contributed by atoms with Crippen molar-refractivity contribution in [3.63, 3.8) is 0 Å². The van der Waals surface area contributed by atoms with Crippen molar-refractivity contribution in [2.24, 2.45) is 5.92 Å². The van der Waals surface area contributed by atoms with E-state index in [1.54, 1.807) is 12.1 Å². The average Bonchev–Trinajstić information content (AvgIpc) is 2.82. The number of allylic oxidation sites excluding steroid dienone is 3. The molecule has 0 unspecified atom stereocenters. The summed E-state index contributed by atoms with van der Waals surface area (Å²) in [5, 5.41) is 13.5. The largest absolute Gasteiger partial charge is 0.504 e. The fourth-order valence-corrected chi connectivity index (χ4v) is 4.80. The van der Waals surface area contributed by atoms with Crippen LogP contribution < -0.4 is 10.1 Å². The molecule has 34 heavy (non-hydrogen) atoms. The van der Waals surface area contributed by atoms with Crippen molar-refractivity contribution in [1.29, 1.82) is 0 Å². The second-order valence-electron chi connectivity index (χ2n) is 9.35. The Bertz CT molecular complexity index is 1160. The Morgan fingerprint density at radius 2 is 1.85 bits per heavy atom. The molecule has 4 rings (SSSR count). The molecule has 2 atom stereocenters. The number of methoxy groups -OCH3 is 1. The van der Waals surface area contributed by atoms with Crippen molar-refractivity contribution in [2.45, 2.75) is 45.4 Å². The van der Waals surface area contributed by atoms with E-state index in [0.717, 1.165) is 11.3 Å². The molecule has 2 N–H and O–H groups in total. The summed E-state index contributed by atoms with van der Waals surface area (Å²) >= 11 is 0. The van der Waals surface area contributed by atoms with Crippen molar-refractivity contribution in [2.75, 3.05) is 13.7 Å². The minimum Gasteiger partial charge on any atom is -0.504 e. The van der Waals surface area contributed by atoms with Crippen molar-refractivity contribution in [1.82, 2.24) is 5.32 Å². The highest BCUT2D eigenvalue weighted by molar-refractivity contribution is 6.04. The van der Waals surface area contributed by atoms with Crippen molar-refractivity contribution >= 4 is 11.8 Å². The minimum absolute atomic E-state index is 0.00121. The predicted octanol–water partition coefficient (Wildman–Crippen LogP) is 4.96. The van der Waals surface area contributed by atoms with Gasteiger partial charge in [0.1, 0.15) is 0 Å². The molecular weight excluding hydrogens is 430 g/mol. The van der Waals surface area contributed by atoms with E-state index in [-0.39, 0.29) is 35.7 Å². The van der Waals surface area contributed by atoms with Crippen molar-refractivity contribution < 1.29 is 24.2 Å². The molecule has 6 heteroatoms. The molecule has 2 aromatic carbocycles. The van der Waals surface area contributed by atoms with E-state index in [0.29, 0.717) is 35.2 Å². The standard InChI is InChI=1S/C28H31NO5/c1-16(2)15-34-28(32)25-17(3)29-21-12-20(18-8-6-5-7-9-18)13-23(31)27(21)26(25)19-10-11-22(30)24(14-19)33-4/h5-11,14,16,20,26,29-30H,12-13,15H2,1-4H3/t20-,26-/m0/s1. The zero-order valence-electron chi connectivity index (χ0n) is 20.1. The molecule has 0 spiro atoms. The Kier molecular flexibility index (Phi) is 6.77. The van der Waals surface area contributed by atoms with Gasteiger partial charge in [0, 0.05) is 29.3 Å². The molecule has 0 radical (unpaired) electrons. The molecule has 1 aliphatic carbocycles. The topological polar surface area (TPSA) is 84.9 Å². The minimum atomic E-state index is -0.602. The molecule has 0 fully saturated rings. The molecule has 0 saturated carbocycles. The number of phenols is 1. The number of carbonyl (C=O) groups is 2. The molecule has 6 nitrogen and oxygen atoms in total. The van der Waals surface area contributed by atoms with Crippen molar-refractivity contribution in [3.05, 3.63) is 82.2 Å². The smallest absolute Gasteiger partial charge is 0.336 e. The Labute approximate surface area is 200 Å². The fourth-order valence-electron chi connectivity index (χ4n) is 4.80. The Morgan fingerprint density at radius 1 is 1.12 bits per heavy atom. The van der Waals surface area contributed by atoms with E-state index in [2.05, 4.69) is 5.32 Å². The summed E-state index contributed by atoms with van der Waals surface area (Å²) in [6.07, 6.45) is 1.03. The van der Waals surface area contributed by atoms with Crippen LogP contribution in [0.15, 0.2) is 71.1 Å². The number of aromatic hydroxyl groups is 1. The van der Waals surface area contributed by atoms with Crippen LogP contribution in [0.3, 0.4) is 0 Å². The third-order valence-corrected chi connectivity index (χ3v) is 6.40. The van der Waals surface area contributed by atoms with Crippen LogP contribution in [0.2, 0.25) is 0 Å². The Hall–Kier alpha value is -3.54. The summed E-state index contributed by atoms with van der Waals surface area (Å²) in [6.45, 7) is 6.09. The van der Waals surface area contributed by atoms with Gasteiger partial charge in [0.15, 0.2) is 17.3 Å². The number of hydrogen-bond acceptors (Lipinski definition) is 6. The van der Waals surface area contributed by atoms with Gasteiger partial charge in [-0.1, -0.05) is 50.2 Å². The van der Waals surface area contributed by atoms with E-state index >= 15 is 0 Å². The molecule has 0 aromatic heterocycles. The number of ether oxygens (including phenoxy) is 2. The van der Waals surface area contributed by atoms with Gasteiger partial charge in [-0.3, -0.25) is 4.79 Å². The predicted molar refractivity (Wildman–Crippen MR) is 129 cm³/mol. The maximum absolute atomic E-state index is 13.6. The molecule has 2 aromatic rings. The van der Waals surface area contributed by atoms with Gasteiger partial charge in [0.25, 0.3) is 0 Å². The summed E-state index contributed by atoms with van der Waals surface area (Å²) in [4.78, 5) is 26.9. The lowest BCUT2D eigenvalue weighted by atomic mass is 9.71. The zero-order chi connectivity index (χ0) is 24.4. The van der Waals surface area contributed by atoms with Crippen LogP contribution in [-0.2, 0) is 14.3 Å². The van der Waals surface area contributed by atoms with Gasteiger partial charge in [0.2, 0.25) is 0 Å². The van der Waals surface area contributed by atoms with Crippen molar-refractivity contribution in [3.8, 4) is 11.5 Å². The maximum Gasteiger partial charge on any atom is 0.336 e. The van der Waals surface area contributed by atoms with Gasteiger partial charge >= 0.3 is 5.97 Å². The van der Waals surface area contributed by atoms with E-state index in [4.69, 9.17) is 9.47 Å². The molecule has 0 saturated heterocycles. The fraction of sp³-hybridized carbons (Fsp3) is 0.357. The average molecular weight is 462 g/mol. The van der Waals surface area contributed by atoms with Crippen LogP contribution in [0.25, 0.3) is 0 Å². The molecule has 1 heterocycles. The Balaban J connectivity index is 1.80. The monoisotopic (exact) mass is 461 g/mol. The highest BCUT2D eigenvalue weighted by Gasteiger charge is 2.41. The first kappa shape index (κ1) is 23.6. The van der Waals surface area contributed by atoms with E-state index < -0.39 is 11.9 Å². The van der Waals surface area contributed by atoms with E-state index in [1.807, 2.05) is 51.1 Å². The summed E-state index contributed by atoms with van der Waals surface area (Å²) < 4.78 is 10.9. The third-order valence-electron chi connectivity index (χ3n) is 6.40. The quantitative estimate of drug-likeness (QED) is 0.592. The lowest BCUT2D eigenvalue weighted by molar-refractivity contribution is -0.140. The summed E-state index contributed by atoms with van der Waals surface area (Å²) in [7, 11) is 1.47. The molecule has 0 amide bonds. The van der Waals surface area contributed by atoms with Gasteiger partial charge in [-0.05, 0) is 48.4 Å². The first-order valence-corrected chi connectivity index (χ1v) is 11.6. The lowest BCUT2D eigenvalue weighted by Gasteiger charge is -2.37. The second-order valence-corrected chi connectivity index (χ2v) is 9.35. The number of esters is 1. The second kappa shape index (κ2) is 9.75. The highest BCUT2D eigenvalue weighted by Crippen LogP contribution is 2.46. The van der Waals surface area contributed by atoms with Gasteiger partial charge in [-0.15, -0.1) is 0 Å². The molecule has 2 aliphatic rings. The number of dihydropyridines is 1. The van der Waals surface area contributed by atoms with Gasteiger partial charge < -0.3 is 19.9 Å². The highest BCUT2D eigenvalue weighted by atomic mass is 16.5. The van der Waals surface area contributed by atoms with Gasteiger partial charge in [0.05, 0.1) is 19.3 Å². The van der Waals surface area contributed by atoms with E-state index in [9.17, 15) is 14.7 Å². The van der Waals surface area contributed by atoms with Crippen LogP contribution in [-0.4, -0.2) is 30.6 Å². The van der Waals surface area contributed by atoms with Crippen LogP contribution >= 0.6 is 0 Å². The Morgan fingerprint density at radius 3 is 2.53 bits per heavy atom. The van der Waals surface area contributed by atoms with Gasteiger partial charge in [-0.2, -0.15) is 0 Å². The summed E-state index contributed by atoms with van der Waals surface area (Å²) in [6, 6.07) is 15.0. The zero-order valence-corrected chi connectivity index (χ0v) is 20.1. The van der Waals surface area contributed by atoms with Crippen LogP contribution in [0.4, 0.5) is 0 Å². The number of ketones is 1. The normalized spacial score (nSPS) is 20.2. The van der Waals surface area contributed by atoms with Crippen LogP contribution in [0, 0.1) is 5.92 Å². The SMILES string of the molecule is COc1cc([C@H]2C(C(=O)OCC(C)C)=C(C)NC3=C2C(=O)C[C@@H](c2ccccc2)C3)ccc1O. The number of benzene rings is 2.